The van der Waals surface area contributed by atoms with Crippen LogP contribution in [0.15, 0.2) is 5.38 Å². The number of carbonyl (C=O) groups is 2. The van der Waals surface area contributed by atoms with Crippen LogP contribution < -0.4 is 15.4 Å². The van der Waals surface area contributed by atoms with Gasteiger partial charge >= 0.3 is 12.3 Å². The number of nitrogens with one attached hydrogen (secondary N) is 2. The molecule has 7 nitrogen and oxygen atoms in total. The zero-order chi connectivity index (χ0) is 22.3. The number of pyridine rings is 1. The minimum atomic E-state index is -4.63. The van der Waals surface area contributed by atoms with Crippen LogP contribution in [0.1, 0.15) is 47.2 Å². The Morgan fingerprint density at radius 2 is 1.97 bits per heavy atom. The summed E-state index contributed by atoms with van der Waals surface area (Å²) in [6, 6.07) is 0. The average molecular weight is 457 g/mol. The largest absolute Gasteiger partial charge is 0.474 e. The maximum absolute atomic E-state index is 13.8. The molecule has 0 unspecified atom stereocenters. The second-order valence-electron chi connectivity index (χ2n) is 7.88. The van der Waals surface area contributed by atoms with Crippen LogP contribution in [0.4, 0.5) is 18.0 Å². The van der Waals surface area contributed by atoms with Crippen LogP contribution in [0.2, 0.25) is 0 Å². The third kappa shape index (κ3) is 4.56. The summed E-state index contributed by atoms with van der Waals surface area (Å²) < 4.78 is 52.3. The van der Waals surface area contributed by atoms with Gasteiger partial charge < -0.3 is 20.1 Å². The molecule has 2 aliphatic rings. The minimum absolute atomic E-state index is 0.0381. The van der Waals surface area contributed by atoms with Crippen LogP contribution >= 0.6 is 11.3 Å². The van der Waals surface area contributed by atoms with E-state index in [9.17, 15) is 22.8 Å². The van der Waals surface area contributed by atoms with Crippen LogP contribution in [0.25, 0.3) is 10.2 Å². The standard InChI is InChI=1S/C20H22F3N3O4S/c1-9-14(20(21,22)23)16-15(13(8-31-16)17(27)24-2)26-18(9)29-11-5-12(6-11)30-19(28)25-7-10-3-4-10/h8,10-12H,3-7H2,1-2H3,(H,24,27)(H,25,28). The Kier molecular flexibility index (Phi) is 5.71. The summed E-state index contributed by atoms with van der Waals surface area (Å²) in [5, 5.41) is 6.48. The fourth-order valence-electron chi connectivity index (χ4n) is 3.46. The molecule has 0 saturated heterocycles. The molecule has 2 aliphatic carbocycles. The summed E-state index contributed by atoms with van der Waals surface area (Å²) in [4.78, 5) is 28.1. The number of alkyl carbamates (subject to hydrolysis) is 1. The van der Waals surface area contributed by atoms with Gasteiger partial charge in [0.15, 0.2) is 0 Å². The molecule has 0 aromatic carbocycles. The molecule has 2 amide bonds. The Labute approximate surface area is 180 Å². The minimum Gasteiger partial charge on any atom is -0.474 e. The number of rotatable bonds is 6. The van der Waals surface area contributed by atoms with E-state index in [1.807, 2.05) is 0 Å². The van der Waals surface area contributed by atoms with Crippen molar-refractivity contribution in [1.29, 1.82) is 0 Å². The fourth-order valence-corrected chi connectivity index (χ4v) is 4.57. The number of hydrogen-bond donors (Lipinski definition) is 2. The van der Waals surface area contributed by atoms with Gasteiger partial charge in [-0.2, -0.15) is 13.2 Å². The van der Waals surface area contributed by atoms with Crippen molar-refractivity contribution in [3.8, 4) is 5.88 Å². The number of thiophene rings is 1. The van der Waals surface area contributed by atoms with Gasteiger partial charge in [0, 0.05) is 37.4 Å². The zero-order valence-corrected chi connectivity index (χ0v) is 17.8. The predicted octanol–water partition coefficient (Wildman–Crippen LogP) is 4.03. The third-order valence-corrected chi connectivity index (χ3v) is 6.48. The zero-order valence-electron chi connectivity index (χ0n) is 17.0. The quantitative estimate of drug-likeness (QED) is 0.684. The van der Waals surface area contributed by atoms with Crippen molar-refractivity contribution >= 4 is 33.6 Å². The summed E-state index contributed by atoms with van der Waals surface area (Å²) in [5.41, 5.74) is -0.945. The summed E-state index contributed by atoms with van der Waals surface area (Å²) >= 11 is 0.827. The molecule has 2 aromatic rings. The molecule has 2 heterocycles. The second-order valence-corrected chi connectivity index (χ2v) is 8.76. The van der Waals surface area contributed by atoms with Crippen molar-refractivity contribution in [3.63, 3.8) is 0 Å². The number of hydrogen-bond acceptors (Lipinski definition) is 6. The van der Waals surface area contributed by atoms with Crippen molar-refractivity contribution in [1.82, 2.24) is 15.6 Å². The lowest BCUT2D eigenvalue weighted by Crippen LogP contribution is -2.43. The molecule has 2 aromatic heterocycles. The lowest BCUT2D eigenvalue weighted by atomic mass is 9.92. The highest BCUT2D eigenvalue weighted by Gasteiger charge is 2.40. The first-order valence-corrected chi connectivity index (χ1v) is 10.9. The van der Waals surface area contributed by atoms with Crippen LogP contribution in [0.3, 0.4) is 0 Å². The van der Waals surface area contributed by atoms with Crippen molar-refractivity contribution in [2.45, 2.75) is 51.0 Å². The van der Waals surface area contributed by atoms with Crippen molar-refractivity contribution in [2.24, 2.45) is 5.92 Å². The molecular formula is C20H22F3N3O4S. The van der Waals surface area contributed by atoms with Crippen molar-refractivity contribution < 1.29 is 32.2 Å². The van der Waals surface area contributed by atoms with Gasteiger partial charge in [-0.25, -0.2) is 9.78 Å². The van der Waals surface area contributed by atoms with Gasteiger partial charge in [0.05, 0.1) is 21.3 Å². The number of halogens is 3. The molecule has 0 atom stereocenters. The summed E-state index contributed by atoms with van der Waals surface area (Å²) in [6.07, 6.45) is -2.93. The number of carbonyl (C=O) groups excluding carboxylic acids is 2. The SMILES string of the molecule is CNC(=O)c1csc2c(C(F)(F)F)c(C)c(OC3CC(OC(=O)NCC4CC4)C3)nc12. The van der Waals surface area contributed by atoms with E-state index >= 15 is 0 Å². The van der Waals surface area contributed by atoms with Crippen molar-refractivity contribution in [2.75, 3.05) is 13.6 Å². The molecule has 0 spiro atoms. The van der Waals surface area contributed by atoms with Gasteiger partial charge in [-0.3, -0.25) is 4.79 Å². The first-order chi connectivity index (χ1) is 14.7. The van der Waals surface area contributed by atoms with Gasteiger partial charge in [0.2, 0.25) is 5.88 Å². The predicted molar refractivity (Wildman–Crippen MR) is 107 cm³/mol. The molecule has 0 aliphatic heterocycles. The Morgan fingerprint density at radius 1 is 1.26 bits per heavy atom. The van der Waals surface area contributed by atoms with Gasteiger partial charge in [0.25, 0.3) is 5.91 Å². The molecule has 0 bridgehead atoms. The smallest absolute Gasteiger partial charge is 0.418 e. The highest BCUT2D eigenvalue weighted by Crippen LogP contribution is 2.43. The first kappa shape index (κ1) is 21.7. The van der Waals surface area contributed by atoms with Crippen LogP contribution in [-0.4, -0.2) is 42.8 Å². The Morgan fingerprint density at radius 3 is 2.58 bits per heavy atom. The normalized spacial score (nSPS) is 20.8. The van der Waals surface area contributed by atoms with E-state index in [-0.39, 0.29) is 33.3 Å². The number of ether oxygens (including phenoxy) is 2. The van der Waals surface area contributed by atoms with E-state index in [1.165, 1.54) is 19.4 Å². The molecule has 31 heavy (non-hydrogen) atoms. The topological polar surface area (TPSA) is 89.5 Å². The number of alkyl halides is 3. The van der Waals surface area contributed by atoms with Gasteiger partial charge in [0.1, 0.15) is 12.2 Å². The maximum Gasteiger partial charge on any atom is 0.418 e. The second kappa shape index (κ2) is 8.18. The van der Waals surface area contributed by atoms with E-state index < -0.39 is 29.8 Å². The van der Waals surface area contributed by atoms with Gasteiger partial charge in [-0.1, -0.05) is 0 Å². The molecule has 4 rings (SSSR count). The molecule has 168 valence electrons. The molecule has 0 radical (unpaired) electrons. The van der Waals surface area contributed by atoms with Crippen LogP contribution in [-0.2, 0) is 10.9 Å². The summed E-state index contributed by atoms with van der Waals surface area (Å²) in [7, 11) is 1.40. The number of nitrogens with zero attached hydrogens (tertiary/aromatic N) is 1. The van der Waals surface area contributed by atoms with Gasteiger partial charge in [-0.05, 0) is 25.7 Å². The maximum atomic E-state index is 13.8. The number of amides is 2. The van der Waals surface area contributed by atoms with E-state index in [0.29, 0.717) is 25.3 Å². The van der Waals surface area contributed by atoms with E-state index in [1.54, 1.807) is 0 Å². The Bertz CT molecular complexity index is 1010. The third-order valence-electron chi connectivity index (χ3n) is 5.49. The number of fused-ring (bicyclic) bond motifs is 1. The first-order valence-electron chi connectivity index (χ1n) is 9.99. The van der Waals surface area contributed by atoms with Crippen LogP contribution in [0.5, 0.6) is 5.88 Å². The average Bonchev–Trinajstić information content (AvgIpc) is 3.42. The molecular weight excluding hydrogens is 435 g/mol. The summed E-state index contributed by atoms with van der Waals surface area (Å²) in [5.74, 6) is -0.144. The van der Waals surface area contributed by atoms with Crippen molar-refractivity contribution in [3.05, 3.63) is 22.1 Å². The fraction of sp³-hybridized carbons (Fsp3) is 0.550. The Hall–Kier alpha value is -2.56. The Balaban J connectivity index is 1.49. The molecule has 2 fully saturated rings. The molecule has 2 N–H and O–H groups in total. The van der Waals surface area contributed by atoms with Crippen LogP contribution in [0, 0.1) is 12.8 Å². The van der Waals surface area contributed by atoms with Gasteiger partial charge in [-0.15, -0.1) is 11.3 Å². The highest BCUT2D eigenvalue weighted by molar-refractivity contribution is 7.17. The van der Waals surface area contributed by atoms with E-state index in [0.717, 1.165) is 24.2 Å². The van der Waals surface area contributed by atoms with E-state index in [4.69, 9.17) is 9.47 Å². The molecule has 11 heteroatoms. The summed E-state index contributed by atoms with van der Waals surface area (Å²) in [6.45, 7) is 1.91. The monoisotopic (exact) mass is 457 g/mol. The highest BCUT2D eigenvalue weighted by atomic mass is 32.1. The number of aromatic nitrogens is 1. The lowest BCUT2D eigenvalue weighted by molar-refractivity contribution is -0.136. The lowest BCUT2D eigenvalue weighted by Gasteiger charge is -2.34. The van der Waals surface area contributed by atoms with E-state index in [2.05, 4.69) is 15.6 Å². The molecule has 2 saturated carbocycles.